The Labute approximate surface area is 183 Å². The maximum atomic E-state index is 13.0. The molecule has 31 heavy (non-hydrogen) atoms. The second-order valence-electron chi connectivity index (χ2n) is 6.47. The first-order valence-electron chi connectivity index (χ1n) is 8.88. The first kappa shape index (κ1) is 22.5. The Balaban J connectivity index is 1.61. The third-order valence-electron chi connectivity index (χ3n) is 4.21. The fourth-order valence-corrected chi connectivity index (χ4v) is 3.05. The van der Waals surface area contributed by atoms with Gasteiger partial charge in [0.15, 0.2) is 6.61 Å². The van der Waals surface area contributed by atoms with Gasteiger partial charge < -0.3 is 15.0 Å². The molecule has 0 aliphatic carbocycles. The quantitative estimate of drug-likeness (QED) is 0.559. The van der Waals surface area contributed by atoms with Gasteiger partial charge in [-0.25, -0.2) is 9.97 Å². The highest BCUT2D eigenvalue weighted by molar-refractivity contribution is 9.10. The van der Waals surface area contributed by atoms with Crippen LogP contribution in [0.5, 0.6) is 5.88 Å². The van der Waals surface area contributed by atoms with Gasteiger partial charge in [0.25, 0.3) is 5.91 Å². The van der Waals surface area contributed by atoms with E-state index in [-0.39, 0.29) is 11.6 Å². The van der Waals surface area contributed by atoms with Crippen LogP contribution >= 0.6 is 15.9 Å². The number of rotatable bonds is 6. The van der Waals surface area contributed by atoms with Gasteiger partial charge in [-0.2, -0.15) is 13.2 Å². The number of likely N-dealkylation sites (N-methyl/N-ethyl adjacent to an activating group) is 1. The van der Waals surface area contributed by atoms with Crippen molar-refractivity contribution in [2.75, 3.05) is 25.5 Å². The lowest BCUT2D eigenvalue weighted by molar-refractivity contribution is -0.137. The van der Waals surface area contributed by atoms with Crippen LogP contribution in [0.15, 0.2) is 53.3 Å². The number of aromatic nitrogens is 2. The summed E-state index contributed by atoms with van der Waals surface area (Å²) in [6.45, 7) is -0.869. The number of carbonyl (C=O) groups is 2. The molecular formula is C20H16BrF3N4O3. The van der Waals surface area contributed by atoms with E-state index >= 15 is 0 Å². The Morgan fingerprint density at radius 1 is 1.16 bits per heavy atom. The van der Waals surface area contributed by atoms with E-state index in [9.17, 15) is 22.8 Å². The topological polar surface area (TPSA) is 84.4 Å². The summed E-state index contributed by atoms with van der Waals surface area (Å²) >= 11 is 3.34. The molecule has 1 heterocycles. The van der Waals surface area contributed by atoms with Gasteiger partial charge in [-0.1, -0.05) is 28.1 Å². The number of nitrogens with one attached hydrogen (secondary N) is 1. The van der Waals surface area contributed by atoms with Crippen LogP contribution in [0.4, 0.5) is 18.9 Å². The van der Waals surface area contributed by atoms with Crippen LogP contribution in [0.1, 0.15) is 5.56 Å². The molecule has 0 bridgehead atoms. The molecule has 3 rings (SSSR count). The first-order chi connectivity index (χ1) is 14.6. The molecule has 0 saturated carbocycles. The zero-order valence-electron chi connectivity index (χ0n) is 16.1. The maximum Gasteiger partial charge on any atom is 0.418 e. The summed E-state index contributed by atoms with van der Waals surface area (Å²) in [6.07, 6.45) is -3.32. The van der Waals surface area contributed by atoms with Crippen LogP contribution in [0.3, 0.4) is 0 Å². The van der Waals surface area contributed by atoms with Crippen molar-refractivity contribution in [2.45, 2.75) is 6.18 Å². The number of nitrogens with zero attached hydrogens (tertiary/aromatic N) is 3. The average Bonchev–Trinajstić information content (AvgIpc) is 2.71. The summed E-state index contributed by atoms with van der Waals surface area (Å²) in [6, 6.07) is 9.90. The zero-order valence-corrected chi connectivity index (χ0v) is 17.7. The second kappa shape index (κ2) is 9.29. The number of hydrogen-bond acceptors (Lipinski definition) is 5. The molecule has 0 aliphatic rings. The van der Waals surface area contributed by atoms with Gasteiger partial charge in [0.2, 0.25) is 11.8 Å². The van der Waals surface area contributed by atoms with E-state index in [4.69, 9.17) is 4.74 Å². The highest BCUT2D eigenvalue weighted by Crippen LogP contribution is 2.34. The van der Waals surface area contributed by atoms with Crippen molar-refractivity contribution in [2.24, 2.45) is 0 Å². The summed E-state index contributed by atoms with van der Waals surface area (Å²) in [5.74, 6) is -1.14. The number of fused-ring (bicyclic) bond motifs is 1. The van der Waals surface area contributed by atoms with E-state index in [2.05, 4.69) is 31.2 Å². The van der Waals surface area contributed by atoms with E-state index in [1.54, 1.807) is 18.2 Å². The molecule has 1 aromatic heterocycles. The largest absolute Gasteiger partial charge is 0.467 e. The van der Waals surface area contributed by atoms with Gasteiger partial charge in [-0.15, -0.1) is 0 Å². The Hall–Kier alpha value is -3.21. The van der Waals surface area contributed by atoms with Gasteiger partial charge in [0.05, 0.1) is 28.7 Å². The van der Waals surface area contributed by atoms with Crippen molar-refractivity contribution in [3.63, 3.8) is 0 Å². The van der Waals surface area contributed by atoms with Crippen LogP contribution < -0.4 is 10.1 Å². The van der Waals surface area contributed by atoms with Crippen molar-refractivity contribution in [3.8, 4) is 5.88 Å². The first-order valence-corrected chi connectivity index (χ1v) is 9.67. The lowest BCUT2D eigenvalue weighted by atomic mass is 10.1. The summed E-state index contributed by atoms with van der Waals surface area (Å²) in [4.78, 5) is 33.6. The molecule has 11 heteroatoms. The summed E-state index contributed by atoms with van der Waals surface area (Å²) in [5, 5.41) is 2.78. The van der Waals surface area contributed by atoms with Crippen molar-refractivity contribution >= 4 is 44.3 Å². The smallest absolute Gasteiger partial charge is 0.418 e. The lowest BCUT2D eigenvalue weighted by Gasteiger charge is -2.18. The molecule has 0 unspecified atom stereocenters. The lowest BCUT2D eigenvalue weighted by Crippen LogP contribution is -2.38. The van der Waals surface area contributed by atoms with Crippen LogP contribution in [0.25, 0.3) is 10.9 Å². The van der Waals surface area contributed by atoms with E-state index in [1.165, 1.54) is 25.5 Å². The molecule has 1 N–H and O–H groups in total. The van der Waals surface area contributed by atoms with Gasteiger partial charge in [-0.3, -0.25) is 9.59 Å². The third-order valence-corrected chi connectivity index (χ3v) is 4.70. The highest BCUT2D eigenvalue weighted by Gasteiger charge is 2.33. The maximum absolute atomic E-state index is 13.0. The van der Waals surface area contributed by atoms with Crippen LogP contribution in [0, 0.1) is 0 Å². The van der Waals surface area contributed by atoms with Gasteiger partial charge >= 0.3 is 6.18 Å². The number of amides is 2. The van der Waals surface area contributed by atoms with E-state index in [0.717, 1.165) is 21.5 Å². The number of benzene rings is 2. The van der Waals surface area contributed by atoms with E-state index in [1.807, 2.05) is 0 Å². The minimum absolute atomic E-state index is 0.191. The predicted molar refractivity (Wildman–Crippen MR) is 110 cm³/mol. The molecule has 0 aliphatic heterocycles. The molecule has 7 nitrogen and oxygen atoms in total. The monoisotopic (exact) mass is 496 g/mol. The molecule has 2 aromatic carbocycles. The molecule has 162 valence electrons. The summed E-state index contributed by atoms with van der Waals surface area (Å²) < 4.78 is 45.4. The molecular weight excluding hydrogens is 481 g/mol. The van der Waals surface area contributed by atoms with Crippen LogP contribution in [-0.4, -0.2) is 46.9 Å². The number of halogens is 4. The van der Waals surface area contributed by atoms with Crippen LogP contribution in [0.2, 0.25) is 0 Å². The number of carbonyl (C=O) groups excluding carboxylic acids is 2. The van der Waals surface area contributed by atoms with E-state index in [0.29, 0.717) is 10.9 Å². The highest BCUT2D eigenvalue weighted by atomic mass is 79.9. The normalized spacial score (nSPS) is 11.3. The summed E-state index contributed by atoms with van der Waals surface area (Å²) in [5.41, 5.74) is -0.727. The number of para-hydroxylation sites is 1. The number of anilines is 1. The Morgan fingerprint density at radius 2 is 1.90 bits per heavy atom. The fraction of sp³-hybridized carbons (Fsp3) is 0.200. The molecule has 0 atom stereocenters. The number of ether oxygens (including phenoxy) is 1. The minimum Gasteiger partial charge on any atom is -0.467 e. The van der Waals surface area contributed by atoms with Crippen molar-refractivity contribution in [1.82, 2.24) is 14.9 Å². The van der Waals surface area contributed by atoms with E-state index < -0.39 is 36.7 Å². The molecule has 0 saturated heterocycles. The zero-order chi connectivity index (χ0) is 22.6. The van der Waals surface area contributed by atoms with Crippen LogP contribution in [-0.2, 0) is 15.8 Å². The molecule has 2 amide bonds. The molecule has 0 radical (unpaired) electrons. The third kappa shape index (κ3) is 5.69. The van der Waals surface area contributed by atoms with Gasteiger partial charge in [0.1, 0.15) is 6.33 Å². The minimum atomic E-state index is -4.62. The van der Waals surface area contributed by atoms with Gasteiger partial charge in [0, 0.05) is 11.5 Å². The molecule has 0 spiro atoms. The predicted octanol–water partition coefficient (Wildman–Crippen LogP) is 3.89. The molecule has 3 aromatic rings. The van der Waals surface area contributed by atoms with Gasteiger partial charge in [-0.05, 0) is 30.3 Å². The average molecular weight is 497 g/mol. The van der Waals surface area contributed by atoms with Crippen molar-refractivity contribution in [1.29, 1.82) is 0 Å². The fourth-order valence-electron chi connectivity index (χ4n) is 2.69. The number of alkyl halides is 3. The SMILES string of the molecule is CN(CC(=O)Nc1ccccc1C(F)(F)F)C(=O)COc1ncnc2ccc(Br)cc12. The molecule has 0 fully saturated rings. The Bertz CT molecular complexity index is 1120. The van der Waals surface area contributed by atoms with Crippen molar-refractivity contribution in [3.05, 3.63) is 58.8 Å². The Morgan fingerprint density at radius 3 is 2.65 bits per heavy atom. The standard InChI is InChI=1S/C20H16BrF3N4O3/c1-28(9-17(29)27-16-5-3-2-4-14(16)20(22,23)24)18(30)10-31-19-13-8-12(21)6-7-15(13)25-11-26-19/h2-8,11H,9-10H2,1H3,(H,27,29). The second-order valence-corrected chi connectivity index (χ2v) is 7.39. The summed E-state index contributed by atoms with van der Waals surface area (Å²) in [7, 11) is 1.34. The Kier molecular flexibility index (Phi) is 6.74. The number of hydrogen-bond donors (Lipinski definition) is 1. The van der Waals surface area contributed by atoms with Crippen molar-refractivity contribution < 1.29 is 27.5 Å².